The highest BCUT2D eigenvalue weighted by Crippen LogP contribution is 2.42. The summed E-state index contributed by atoms with van der Waals surface area (Å²) >= 11 is 0. The molecule has 2 aliphatic rings. The summed E-state index contributed by atoms with van der Waals surface area (Å²) in [5.41, 5.74) is 0.573. The largest absolute Gasteiger partial charge is 0.586 e. The van der Waals surface area contributed by atoms with Gasteiger partial charge in [-0.15, -0.1) is 8.78 Å². The summed E-state index contributed by atoms with van der Waals surface area (Å²) in [7, 11) is 0. The molecule has 0 aliphatic carbocycles. The number of benzene rings is 1. The predicted molar refractivity (Wildman–Crippen MR) is 67.9 cm³/mol. The Morgan fingerprint density at radius 3 is 2.65 bits per heavy atom. The molecule has 0 spiro atoms. The van der Waals surface area contributed by atoms with Crippen LogP contribution in [0.5, 0.6) is 11.5 Å². The fourth-order valence-corrected chi connectivity index (χ4v) is 2.65. The highest BCUT2D eigenvalue weighted by molar-refractivity contribution is 5.45. The number of hydrogen-bond donors (Lipinski definition) is 1. The predicted octanol–water partition coefficient (Wildman–Crippen LogP) is 2.53. The molecule has 6 heteroatoms. The lowest BCUT2D eigenvalue weighted by Gasteiger charge is -2.17. The van der Waals surface area contributed by atoms with Gasteiger partial charge in [0.15, 0.2) is 11.5 Å². The molecule has 0 radical (unpaired) electrons. The van der Waals surface area contributed by atoms with Crippen molar-refractivity contribution < 1.29 is 23.4 Å². The van der Waals surface area contributed by atoms with E-state index in [0.717, 1.165) is 19.6 Å². The minimum absolute atomic E-state index is 0.00509. The first-order valence-electron chi connectivity index (χ1n) is 6.84. The number of fused-ring (bicyclic) bond motifs is 1. The van der Waals surface area contributed by atoms with Gasteiger partial charge in [-0.2, -0.15) is 0 Å². The molecule has 1 aromatic rings. The Kier molecular flexibility index (Phi) is 3.52. The number of likely N-dealkylation sites (tertiary alicyclic amines) is 1. The van der Waals surface area contributed by atoms with Crippen LogP contribution < -0.4 is 9.47 Å². The smallest absolute Gasteiger partial charge is 0.395 e. The third-order valence-electron chi connectivity index (χ3n) is 3.73. The van der Waals surface area contributed by atoms with Gasteiger partial charge in [0.1, 0.15) is 0 Å². The van der Waals surface area contributed by atoms with Gasteiger partial charge in [-0.3, -0.25) is 0 Å². The Morgan fingerprint density at radius 2 is 1.90 bits per heavy atom. The summed E-state index contributed by atoms with van der Waals surface area (Å²) in [5, 5.41) is 10.1. The van der Waals surface area contributed by atoms with Gasteiger partial charge in [-0.25, -0.2) is 0 Å². The van der Waals surface area contributed by atoms with Crippen molar-refractivity contribution >= 4 is 0 Å². The third kappa shape index (κ3) is 2.86. The molecular weight excluding hydrogens is 268 g/mol. The molecule has 1 aromatic carbocycles. The Bertz CT molecular complexity index is 489. The normalized spacial score (nSPS) is 22.1. The second kappa shape index (κ2) is 5.18. The summed E-state index contributed by atoms with van der Waals surface area (Å²) < 4.78 is 34.5. The molecule has 2 aliphatic heterocycles. The van der Waals surface area contributed by atoms with Crippen molar-refractivity contribution in [3.63, 3.8) is 0 Å². The van der Waals surface area contributed by atoms with Crippen molar-refractivity contribution in [2.75, 3.05) is 19.6 Å². The van der Waals surface area contributed by atoms with Crippen molar-refractivity contribution in [1.82, 2.24) is 4.90 Å². The summed E-state index contributed by atoms with van der Waals surface area (Å²) in [6, 6.07) is 4.42. The molecule has 0 amide bonds. The van der Waals surface area contributed by atoms with E-state index in [2.05, 4.69) is 14.4 Å². The zero-order valence-corrected chi connectivity index (χ0v) is 11.0. The number of rotatable bonds is 4. The number of nitrogens with zero attached hydrogens (tertiary/aromatic N) is 1. The van der Waals surface area contributed by atoms with Gasteiger partial charge in [0.05, 0.1) is 6.10 Å². The summed E-state index contributed by atoms with van der Waals surface area (Å²) in [4.78, 5) is 2.30. The summed E-state index contributed by atoms with van der Waals surface area (Å²) in [6.07, 6.45) is -1.30. The fourth-order valence-electron chi connectivity index (χ4n) is 2.65. The lowest BCUT2D eigenvalue weighted by atomic mass is 10.1. The van der Waals surface area contributed by atoms with Crippen LogP contribution in [0.2, 0.25) is 0 Å². The van der Waals surface area contributed by atoms with Crippen LogP contribution in [-0.2, 0) is 0 Å². The highest BCUT2D eigenvalue weighted by atomic mass is 19.3. The molecule has 110 valence electrons. The second-order valence-corrected chi connectivity index (χ2v) is 5.23. The average Bonchev–Trinajstić information content (AvgIpc) is 2.99. The first kappa shape index (κ1) is 13.6. The molecule has 4 nitrogen and oxygen atoms in total. The SMILES string of the molecule is O[C@@H](CCN1CCCC1)c1ccc2c(c1)OC(F)(F)O2. The Hall–Kier alpha value is -1.40. The maximum absolute atomic E-state index is 12.9. The van der Waals surface area contributed by atoms with Crippen LogP contribution in [0.4, 0.5) is 8.78 Å². The summed E-state index contributed by atoms with van der Waals surface area (Å²) in [5.74, 6) is -0.0155. The van der Waals surface area contributed by atoms with Crippen LogP contribution >= 0.6 is 0 Å². The summed E-state index contributed by atoms with van der Waals surface area (Å²) in [6.45, 7) is 2.95. The molecular formula is C14H17F2NO3. The van der Waals surface area contributed by atoms with E-state index in [1.165, 1.54) is 25.0 Å². The molecule has 1 atom stereocenters. The highest BCUT2D eigenvalue weighted by Gasteiger charge is 2.43. The Labute approximate surface area is 115 Å². The van der Waals surface area contributed by atoms with Gasteiger partial charge in [0.2, 0.25) is 0 Å². The lowest BCUT2D eigenvalue weighted by Crippen LogP contribution is -2.25. The Balaban J connectivity index is 1.62. The molecule has 3 rings (SSSR count). The topological polar surface area (TPSA) is 41.9 Å². The van der Waals surface area contributed by atoms with Crippen LogP contribution in [0.1, 0.15) is 30.9 Å². The number of halogens is 2. The number of hydrogen-bond acceptors (Lipinski definition) is 4. The van der Waals surface area contributed by atoms with Crippen molar-refractivity contribution in [2.45, 2.75) is 31.7 Å². The lowest BCUT2D eigenvalue weighted by molar-refractivity contribution is -0.286. The molecule has 1 saturated heterocycles. The maximum Gasteiger partial charge on any atom is 0.586 e. The van der Waals surface area contributed by atoms with Crippen molar-refractivity contribution in [2.24, 2.45) is 0 Å². The first-order valence-corrected chi connectivity index (χ1v) is 6.84. The van der Waals surface area contributed by atoms with Crippen LogP contribution in [0.3, 0.4) is 0 Å². The molecule has 0 saturated carbocycles. The molecule has 1 N–H and O–H groups in total. The molecule has 20 heavy (non-hydrogen) atoms. The maximum atomic E-state index is 12.9. The van der Waals surface area contributed by atoms with Gasteiger partial charge in [0, 0.05) is 6.54 Å². The van der Waals surface area contributed by atoms with E-state index in [9.17, 15) is 13.9 Å². The van der Waals surface area contributed by atoms with E-state index in [1.54, 1.807) is 6.07 Å². The zero-order chi connectivity index (χ0) is 14.2. The van der Waals surface area contributed by atoms with Gasteiger partial charge >= 0.3 is 6.29 Å². The van der Waals surface area contributed by atoms with Crippen molar-refractivity contribution in [1.29, 1.82) is 0 Å². The second-order valence-electron chi connectivity index (χ2n) is 5.23. The van der Waals surface area contributed by atoms with E-state index >= 15 is 0 Å². The molecule has 1 fully saturated rings. The minimum atomic E-state index is -3.61. The number of alkyl halides is 2. The van der Waals surface area contributed by atoms with Crippen LogP contribution in [-0.4, -0.2) is 35.9 Å². The first-order chi connectivity index (χ1) is 9.53. The standard InChI is InChI=1S/C14H17F2NO3/c15-14(16)19-12-4-3-10(9-13(12)20-14)11(18)5-8-17-6-1-2-7-17/h3-4,9,11,18H,1-2,5-8H2/t11-/m0/s1. The van der Waals surface area contributed by atoms with Gasteiger partial charge in [-0.05, 0) is 50.0 Å². The third-order valence-corrected chi connectivity index (χ3v) is 3.73. The number of aliphatic hydroxyl groups is 1. The van der Waals surface area contributed by atoms with Crippen LogP contribution in [0.25, 0.3) is 0 Å². The molecule has 0 aromatic heterocycles. The number of aliphatic hydroxyl groups excluding tert-OH is 1. The van der Waals surface area contributed by atoms with Gasteiger partial charge in [0.25, 0.3) is 0 Å². The quantitative estimate of drug-likeness (QED) is 0.923. The Morgan fingerprint density at radius 1 is 1.20 bits per heavy atom. The van der Waals surface area contributed by atoms with E-state index in [4.69, 9.17) is 0 Å². The fraction of sp³-hybridized carbons (Fsp3) is 0.571. The van der Waals surface area contributed by atoms with E-state index in [0.29, 0.717) is 12.0 Å². The van der Waals surface area contributed by atoms with E-state index in [1.807, 2.05) is 0 Å². The van der Waals surface area contributed by atoms with E-state index in [-0.39, 0.29) is 11.5 Å². The van der Waals surface area contributed by atoms with Crippen molar-refractivity contribution in [3.8, 4) is 11.5 Å². The number of ether oxygens (including phenoxy) is 2. The molecule has 0 unspecified atom stereocenters. The van der Waals surface area contributed by atoms with Crippen molar-refractivity contribution in [3.05, 3.63) is 23.8 Å². The van der Waals surface area contributed by atoms with Gasteiger partial charge < -0.3 is 19.5 Å². The van der Waals surface area contributed by atoms with Gasteiger partial charge in [-0.1, -0.05) is 6.07 Å². The monoisotopic (exact) mass is 285 g/mol. The molecule has 2 heterocycles. The minimum Gasteiger partial charge on any atom is -0.395 e. The molecule has 0 bridgehead atoms. The van der Waals surface area contributed by atoms with Crippen LogP contribution in [0.15, 0.2) is 18.2 Å². The van der Waals surface area contributed by atoms with E-state index < -0.39 is 12.4 Å². The average molecular weight is 285 g/mol. The zero-order valence-electron chi connectivity index (χ0n) is 11.0. The van der Waals surface area contributed by atoms with Crippen LogP contribution in [0, 0.1) is 0 Å².